The van der Waals surface area contributed by atoms with Gasteiger partial charge in [0.1, 0.15) is 5.25 Å². The summed E-state index contributed by atoms with van der Waals surface area (Å²) in [6, 6.07) is 17.8. The lowest BCUT2D eigenvalue weighted by Crippen LogP contribution is -2.39. The van der Waals surface area contributed by atoms with Gasteiger partial charge in [-0.15, -0.1) is 0 Å². The van der Waals surface area contributed by atoms with Gasteiger partial charge in [-0.2, -0.15) is 0 Å². The van der Waals surface area contributed by atoms with Crippen LogP contribution in [0.1, 0.15) is 30.7 Å². The van der Waals surface area contributed by atoms with Crippen LogP contribution in [-0.4, -0.2) is 19.5 Å². The van der Waals surface area contributed by atoms with Gasteiger partial charge in [-0.25, -0.2) is 8.42 Å². The Bertz CT molecular complexity index is 751. The summed E-state index contributed by atoms with van der Waals surface area (Å²) in [6.07, 6.45) is 1.83. The fourth-order valence-electron chi connectivity index (χ4n) is 3.20. The zero-order chi connectivity index (χ0) is 15.6. The molecule has 0 saturated heterocycles. The molecule has 1 fully saturated rings. The van der Waals surface area contributed by atoms with Crippen LogP contribution in [0.25, 0.3) is 0 Å². The molecule has 4 heteroatoms. The average Bonchev–Trinajstić information content (AvgIpc) is 2.56. The highest BCUT2D eigenvalue weighted by molar-refractivity contribution is 7.92. The molecule has 0 aromatic heterocycles. The van der Waals surface area contributed by atoms with Crippen molar-refractivity contribution in [2.45, 2.75) is 35.3 Å². The van der Waals surface area contributed by atoms with Crippen molar-refractivity contribution in [3.63, 3.8) is 0 Å². The quantitative estimate of drug-likeness (QED) is 0.873. The van der Waals surface area contributed by atoms with Crippen LogP contribution in [0, 0.1) is 0 Å². The van der Waals surface area contributed by atoms with E-state index in [1.807, 2.05) is 30.3 Å². The Labute approximate surface area is 130 Å². The molecule has 0 radical (unpaired) electrons. The van der Waals surface area contributed by atoms with E-state index in [0.29, 0.717) is 6.42 Å². The fourth-order valence-corrected chi connectivity index (χ4v) is 5.22. The van der Waals surface area contributed by atoms with E-state index in [1.54, 1.807) is 30.3 Å². The molecule has 114 valence electrons. The minimum absolute atomic E-state index is 0.163. The summed E-state index contributed by atoms with van der Waals surface area (Å²) in [7, 11) is -3.66. The second kappa shape index (κ2) is 6.05. The fraction of sp³-hybridized carbons (Fsp3) is 0.278. The third-order valence-corrected chi connectivity index (χ3v) is 6.44. The summed E-state index contributed by atoms with van der Waals surface area (Å²) in [5, 5.41) is -0.967. The lowest BCUT2D eigenvalue weighted by Gasteiger charge is -2.30. The molecule has 3 rings (SSSR count). The first-order valence-corrected chi connectivity index (χ1v) is 9.02. The van der Waals surface area contributed by atoms with E-state index in [0.717, 1.165) is 18.4 Å². The molecule has 0 bridgehead atoms. The van der Waals surface area contributed by atoms with Gasteiger partial charge in [0.25, 0.3) is 0 Å². The Kier molecular flexibility index (Phi) is 4.12. The molecular weight excluding hydrogens is 296 g/mol. The molecule has 0 N–H and O–H groups in total. The minimum atomic E-state index is -3.66. The molecule has 2 aromatic carbocycles. The van der Waals surface area contributed by atoms with Gasteiger partial charge in [0.2, 0.25) is 0 Å². The van der Waals surface area contributed by atoms with Gasteiger partial charge in [-0.3, -0.25) is 4.79 Å². The van der Waals surface area contributed by atoms with Crippen molar-refractivity contribution in [2.75, 3.05) is 0 Å². The van der Waals surface area contributed by atoms with E-state index in [-0.39, 0.29) is 16.6 Å². The van der Waals surface area contributed by atoms with Crippen LogP contribution in [0.3, 0.4) is 0 Å². The smallest absolute Gasteiger partial charge is 0.188 e. The summed E-state index contributed by atoms with van der Waals surface area (Å²) in [5.74, 6) is -0.420. The number of ketones is 1. The predicted octanol–water partition coefficient (Wildman–Crippen LogP) is 3.37. The van der Waals surface area contributed by atoms with Crippen LogP contribution < -0.4 is 0 Å². The third kappa shape index (κ3) is 2.71. The van der Waals surface area contributed by atoms with Crippen LogP contribution in [0.4, 0.5) is 0 Å². The van der Waals surface area contributed by atoms with Gasteiger partial charge in [0.15, 0.2) is 15.6 Å². The van der Waals surface area contributed by atoms with Crippen molar-refractivity contribution < 1.29 is 13.2 Å². The first kappa shape index (κ1) is 15.0. The first-order valence-electron chi connectivity index (χ1n) is 7.47. The maximum atomic E-state index is 13.0. The number of carbonyl (C=O) groups is 1. The van der Waals surface area contributed by atoms with Crippen molar-refractivity contribution in [2.24, 2.45) is 0 Å². The normalized spacial score (nSPS) is 22.5. The van der Waals surface area contributed by atoms with E-state index >= 15 is 0 Å². The van der Waals surface area contributed by atoms with Gasteiger partial charge >= 0.3 is 0 Å². The lowest BCUT2D eigenvalue weighted by molar-refractivity contribution is -0.120. The number of carbonyl (C=O) groups excluding carboxylic acids is 1. The zero-order valence-corrected chi connectivity index (χ0v) is 13.0. The van der Waals surface area contributed by atoms with Crippen molar-refractivity contribution in [3.8, 4) is 0 Å². The second-order valence-corrected chi connectivity index (χ2v) is 7.72. The molecule has 0 aliphatic heterocycles. The largest absolute Gasteiger partial charge is 0.298 e. The summed E-state index contributed by atoms with van der Waals surface area (Å²) in [6.45, 7) is 0. The summed E-state index contributed by atoms with van der Waals surface area (Å²) >= 11 is 0. The highest BCUT2D eigenvalue weighted by atomic mass is 32.2. The van der Waals surface area contributed by atoms with Crippen molar-refractivity contribution >= 4 is 15.6 Å². The van der Waals surface area contributed by atoms with E-state index < -0.39 is 15.1 Å². The monoisotopic (exact) mass is 314 g/mol. The lowest BCUT2D eigenvalue weighted by atomic mass is 9.83. The molecule has 1 aliphatic rings. The van der Waals surface area contributed by atoms with Crippen molar-refractivity contribution in [1.82, 2.24) is 0 Å². The summed E-state index contributed by atoms with van der Waals surface area (Å²) in [5.41, 5.74) is 0.931. The van der Waals surface area contributed by atoms with E-state index in [9.17, 15) is 13.2 Å². The number of benzene rings is 2. The van der Waals surface area contributed by atoms with Gasteiger partial charge < -0.3 is 0 Å². The van der Waals surface area contributed by atoms with Gasteiger partial charge in [0.05, 0.1) is 4.90 Å². The highest BCUT2D eigenvalue weighted by Crippen LogP contribution is 2.37. The standard InChI is InChI=1S/C18H18O3S/c19-17-13-7-12-16(14-8-3-1-4-9-14)18(17)22(20,21)15-10-5-2-6-11-15/h1-6,8-11,16,18H,7,12-13H2/t16-,18-/m1/s1. The molecule has 0 heterocycles. The summed E-state index contributed by atoms with van der Waals surface area (Å²) < 4.78 is 25.9. The summed E-state index contributed by atoms with van der Waals surface area (Å²) in [4.78, 5) is 12.7. The van der Waals surface area contributed by atoms with Crippen LogP contribution in [0.5, 0.6) is 0 Å². The molecule has 0 spiro atoms. The second-order valence-electron chi connectivity index (χ2n) is 5.65. The van der Waals surface area contributed by atoms with E-state index in [4.69, 9.17) is 0 Å². The number of sulfone groups is 1. The SMILES string of the molecule is O=C1CCC[C@H](c2ccccc2)[C@H]1S(=O)(=O)c1ccccc1. The molecule has 2 atom stereocenters. The predicted molar refractivity (Wildman–Crippen MR) is 85.5 cm³/mol. The van der Waals surface area contributed by atoms with Crippen LogP contribution in [0.15, 0.2) is 65.6 Å². The molecule has 0 unspecified atom stereocenters. The Morgan fingerprint density at radius 2 is 1.45 bits per heavy atom. The third-order valence-electron chi connectivity index (χ3n) is 4.25. The van der Waals surface area contributed by atoms with Crippen molar-refractivity contribution in [3.05, 3.63) is 66.2 Å². The Morgan fingerprint density at radius 3 is 2.09 bits per heavy atom. The van der Waals surface area contributed by atoms with E-state index in [1.165, 1.54) is 0 Å². The van der Waals surface area contributed by atoms with Gasteiger partial charge in [-0.1, -0.05) is 48.5 Å². The highest BCUT2D eigenvalue weighted by Gasteiger charge is 2.42. The van der Waals surface area contributed by atoms with Crippen LogP contribution in [-0.2, 0) is 14.6 Å². The molecule has 1 saturated carbocycles. The number of rotatable bonds is 3. The molecule has 22 heavy (non-hydrogen) atoms. The van der Waals surface area contributed by atoms with Gasteiger partial charge in [0, 0.05) is 12.3 Å². The average molecular weight is 314 g/mol. The Hall–Kier alpha value is -1.94. The molecular formula is C18H18O3S. The van der Waals surface area contributed by atoms with Crippen molar-refractivity contribution in [1.29, 1.82) is 0 Å². The maximum Gasteiger partial charge on any atom is 0.188 e. The molecule has 1 aliphatic carbocycles. The molecule has 2 aromatic rings. The molecule has 0 amide bonds. The Morgan fingerprint density at radius 1 is 0.864 bits per heavy atom. The Balaban J connectivity index is 2.06. The number of Topliss-reactive ketones (excluding diaryl/α,β-unsaturated/α-hetero) is 1. The first-order chi connectivity index (χ1) is 10.6. The zero-order valence-electron chi connectivity index (χ0n) is 12.2. The topological polar surface area (TPSA) is 51.2 Å². The number of hydrogen-bond donors (Lipinski definition) is 0. The minimum Gasteiger partial charge on any atom is -0.298 e. The van der Waals surface area contributed by atoms with Gasteiger partial charge in [-0.05, 0) is 30.5 Å². The van der Waals surface area contributed by atoms with Crippen LogP contribution >= 0.6 is 0 Å². The number of hydrogen-bond acceptors (Lipinski definition) is 3. The van der Waals surface area contributed by atoms with E-state index in [2.05, 4.69) is 0 Å². The molecule has 3 nitrogen and oxygen atoms in total. The maximum absolute atomic E-state index is 13.0. The van der Waals surface area contributed by atoms with Crippen LogP contribution in [0.2, 0.25) is 0 Å².